The van der Waals surface area contributed by atoms with Crippen molar-refractivity contribution >= 4 is 57.8 Å². The van der Waals surface area contributed by atoms with Crippen LogP contribution >= 0.6 is 22.7 Å². The van der Waals surface area contributed by atoms with Gasteiger partial charge in [-0.15, -0.1) is 22.7 Å². The number of carbonyl (C=O) groups is 4. The lowest BCUT2D eigenvalue weighted by molar-refractivity contribution is -0.143. The number of thiophene rings is 2. The topological polar surface area (TPSA) is 147 Å². The van der Waals surface area contributed by atoms with Crippen molar-refractivity contribution in [2.75, 3.05) is 55.7 Å². The van der Waals surface area contributed by atoms with Gasteiger partial charge in [0.2, 0.25) is 11.8 Å². The Bertz CT molecular complexity index is 2840. The zero-order valence-electron chi connectivity index (χ0n) is 38.9. The van der Waals surface area contributed by atoms with Crippen molar-refractivity contribution in [1.29, 1.82) is 0 Å². The van der Waals surface area contributed by atoms with E-state index < -0.39 is 28.1 Å². The molecule has 2 aromatic heterocycles. The number of nitrogens with zero attached hydrogens (tertiary/aromatic N) is 2. The zero-order chi connectivity index (χ0) is 51.4. The van der Waals surface area contributed by atoms with Crippen LogP contribution in [0, 0.1) is 0 Å². The van der Waals surface area contributed by atoms with Crippen molar-refractivity contribution in [3.63, 3.8) is 0 Å². The molecule has 2 amide bonds. The number of alkyl halides is 6. The lowest BCUT2D eigenvalue weighted by Gasteiger charge is -2.18. The number of carboxylic acids is 1. The van der Waals surface area contributed by atoms with E-state index in [0.29, 0.717) is 94.1 Å². The first-order valence-corrected chi connectivity index (χ1v) is 24.5. The van der Waals surface area contributed by atoms with Crippen molar-refractivity contribution < 1.29 is 64.8 Å². The van der Waals surface area contributed by atoms with Crippen LogP contribution in [0.4, 0.5) is 37.7 Å². The summed E-state index contributed by atoms with van der Waals surface area (Å²) < 4.78 is 98.2. The van der Waals surface area contributed by atoms with Crippen molar-refractivity contribution in [3.8, 4) is 33.8 Å². The van der Waals surface area contributed by atoms with E-state index in [1.54, 1.807) is 108 Å². The molecule has 0 saturated heterocycles. The molecule has 0 saturated carbocycles. The third kappa shape index (κ3) is 14.0. The number of fused-ring (bicyclic) bond motifs is 2. The number of hydrogen-bond donors (Lipinski definition) is 3. The molecule has 0 fully saturated rings. The van der Waals surface area contributed by atoms with Crippen LogP contribution in [0.5, 0.6) is 11.5 Å². The number of anilines is 2. The predicted molar refractivity (Wildman–Crippen MR) is 262 cm³/mol. The number of ether oxygens (including phenoxy) is 3. The second kappa shape index (κ2) is 24.1. The first kappa shape index (κ1) is 53.1. The number of amides is 2. The smallest absolute Gasteiger partial charge is 0.426 e. The molecule has 4 aromatic carbocycles. The Morgan fingerprint density at radius 2 is 1.04 bits per heavy atom. The number of halogens is 6. The predicted octanol–water partition coefficient (Wildman–Crippen LogP) is 10.4. The SMILES string of the molecule is CCOC(=O)CCNCC(=O)N1CCc2cc(OCc3cc(-c4ccccc4)c(C(F)(F)F)s3)ccc21.O=C(O)CCNCC(=O)N1CCc2cc(OCc3cc(-c4ccccc4)c(C(F)(F)F)s3)ccc21. The van der Waals surface area contributed by atoms with Crippen LogP contribution in [0.15, 0.2) is 109 Å². The number of esters is 1. The minimum absolute atomic E-state index is 0.00446. The molecule has 6 aromatic rings. The minimum atomic E-state index is -4.46. The normalized spacial score (nSPS) is 13.0. The maximum atomic E-state index is 13.6. The van der Waals surface area contributed by atoms with Gasteiger partial charge in [-0.2, -0.15) is 26.3 Å². The summed E-state index contributed by atoms with van der Waals surface area (Å²) in [6, 6.07) is 30.6. The number of aliphatic carboxylic acids is 1. The van der Waals surface area contributed by atoms with Gasteiger partial charge in [0, 0.05) is 58.4 Å². The Morgan fingerprint density at radius 3 is 1.44 bits per heavy atom. The third-order valence-corrected chi connectivity index (χ3v) is 13.7. The highest BCUT2D eigenvalue weighted by molar-refractivity contribution is 7.13. The molecule has 0 bridgehead atoms. The molecule has 20 heteroatoms. The maximum Gasteiger partial charge on any atom is 0.426 e. The summed E-state index contributed by atoms with van der Waals surface area (Å²) in [5, 5.41) is 14.5. The lowest BCUT2D eigenvalue weighted by Crippen LogP contribution is -2.37. The Hall–Kier alpha value is -6.74. The monoisotopic (exact) mass is 1040 g/mol. The van der Waals surface area contributed by atoms with Crippen molar-refractivity contribution in [1.82, 2.24) is 10.6 Å². The molecule has 72 heavy (non-hydrogen) atoms. The van der Waals surface area contributed by atoms with Crippen molar-refractivity contribution in [2.45, 2.75) is 58.2 Å². The van der Waals surface area contributed by atoms with Gasteiger partial charge in [-0.25, -0.2) is 0 Å². The Morgan fingerprint density at radius 1 is 0.611 bits per heavy atom. The largest absolute Gasteiger partial charge is 0.488 e. The lowest BCUT2D eigenvalue weighted by atomic mass is 10.1. The summed E-state index contributed by atoms with van der Waals surface area (Å²) in [6.45, 7) is 3.78. The molecule has 4 heterocycles. The molecule has 0 atom stereocenters. The van der Waals surface area contributed by atoms with Crippen molar-refractivity contribution in [2.24, 2.45) is 0 Å². The molecule has 12 nitrogen and oxygen atoms in total. The Labute approximate surface area is 419 Å². The van der Waals surface area contributed by atoms with Gasteiger partial charge in [0.15, 0.2) is 0 Å². The average Bonchev–Trinajstić information content (AvgIpc) is 4.18. The van der Waals surface area contributed by atoms with E-state index in [4.69, 9.17) is 19.3 Å². The number of nitrogens with one attached hydrogen (secondary N) is 2. The molecule has 0 unspecified atom stereocenters. The van der Waals surface area contributed by atoms with Crippen molar-refractivity contribution in [3.05, 3.63) is 140 Å². The van der Waals surface area contributed by atoms with Crippen LogP contribution < -0.4 is 29.9 Å². The van der Waals surface area contributed by atoms with Crippen LogP contribution in [0.1, 0.15) is 50.4 Å². The number of rotatable bonds is 19. The van der Waals surface area contributed by atoms with Gasteiger partial charge < -0.3 is 39.8 Å². The van der Waals surface area contributed by atoms with Crippen LogP contribution in [0.25, 0.3) is 22.3 Å². The van der Waals surface area contributed by atoms with Gasteiger partial charge in [0.1, 0.15) is 34.5 Å². The molecular weight excluding hydrogens is 987 g/mol. The molecule has 0 radical (unpaired) electrons. The number of carboxylic acid groups (broad SMARTS) is 1. The number of benzene rings is 4. The molecule has 2 aliphatic rings. The van der Waals surface area contributed by atoms with Crippen LogP contribution in [0.3, 0.4) is 0 Å². The summed E-state index contributed by atoms with van der Waals surface area (Å²) >= 11 is 1.36. The molecule has 2 aliphatic heterocycles. The van der Waals surface area contributed by atoms with Gasteiger partial charge in [0.05, 0.1) is 32.5 Å². The summed E-state index contributed by atoms with van der Waals surface area (Å²) in [5.74, 6) is -0.463. The van der Waals surface area contributed by atoms with E-state index >= 15 is 0 Å². The third-order valence-electron chi connectivity index (χ3n) is 11.4. The fourth-order valence-corrected chi connectivity index (χ4v) is 9.99. The zero-order valence-corrected chi connectivity index (χ0v) is 40.5. The first-order chi connectivity index (χ1) is 34.5. The van der Waals surface area contributed by atoms with Gasteiger partial charge in [-0.1, -0.05) is 60.7 Å². The Kier molecular flexibility index (Phi) is 17.8. The minimum Gasteiger partial charge on any atom is -0.488 e. The highest BCUT2D eigenvalue weighted by atomic mass is 32.1. The van der Waals surface area contributed by atoms with Crippen LogP contribution in [0.2, 0.25) is 0 Å². The average molecular weight is 1040 g/mol. The first-order valence-electron chi connectivity index (χ1n) is 22.9. The van der Waals surface area contributed by atoms with Crippen LogP contribution in [-0.2, 0) is 62.3 Å². The molecule has 0 spiro atoms. The second-order valence-corrected chi connectivity index (χ2v) is 18.7. The summed E-state index contributed by atoms with van der Waals surface area (Å²) in [4.78, 5) is 50.0. The highest BCUT2D eigenvalue weighted by Gasteiger charge is 2.38. The molecule has 380 valence electrons. The number of carbonyl (C=O) groups excluding carboxylic acids is 3. The van der Waals surface area contributed by atoms with E-state index in [0.717, 1.165) is 22.5 Å². The highest BCUT2D eigenvalue weighted by Crippen LogP contribution is 2.45. The quantitative estimate of drug-likeness (QED) is 0.0407. The summed E-state index contributed by atoms with van der Waals surface area (Å²) in [7, 11) is 0. The van der Waals surface area contributed by atoms with Gasteiger partial charge in [0.25, 0.3) is 0 Å². The standard InChI is InChI=1S/C27H27F3N2O4S.C25H23F3N2O4S/c1-2-35-25(34)10-12-31-16-24(33)32-13-11-19-14-20(8-9-23(19)32)36-17-21-15-22(18-6-4-3-5-7-18)26(37-21)27(28,29)30;26-25(27,28)24-20(16-4-2-1-3-5-16)13-19(35-24)15-34-18-6-7-21-17(12-18)9-11-30(21)22(31)14-29-10-8-23(32)33/h3-9,14-15,31H,2,10-13,16-17H2,1H3;1-7,12-13,29H,8-11,14-15H2,(H,32,33). The van der Waals surface area contributed by atoms with Crippen LogP contribution in [-0.4, -0.2) is 74.7 Å². The second-order valence-electron chi connectivity index (χ2n) is 16.4. The van der Waals surface area contributed by atoms with E-state index in [-0.39, 0.29) is 74.6 Å². The maximum absolute atomic E-state index is 13.6. The van der Waals surface area contributed by atoms with E-state index in [9.17, 15) is 45.5 Å². The molecule has 0 aliphatic carbocycles. The fraction of sp³-hybridized carbons (Fsp3) is 0.308. The molecular formula is C52H50F6N4O8S2. The van der Waals surface area contributed by atoms with E-state index in [2.05, 4.69) is 10.6 Å². The van der Waals surface area contributed by atoms with Gasteiger partial charge in [-0.3, -0.25) is 19.2 Å². The molecule has 8 rings (SSSR count). The Balaban J connectivity index is 0.000000212. The fourth-order valence-electron chi connectivity index (χ4n) is 8.08. The summed E-state index contributed by atoms with van der Waals surface area (Å²) in [6.07, 6.45) is -7.50. The molecule has 3 N–H and O–H groups in total. The van der Waals surface area contributed by atoms with Gasteiger partial charge >= 0.3 is 24.3 Å². The van der Waals surface area contributed by atoms with E-state index in [1.165, 1.54) is 12.1 Å². The number of hydrogen-bond acceptors (Lipinski definition) is 11. The van der Waals surface area contributed by atoms with E-state index in [1.807, 2.05) is 6.07 Å². The summed E-state index contributed by atoms with van der Waals surface area (Å²) in [5.41, 5.74) is 4.68. The van der Waals surface area contributed by atoms with Gasteiger partial charge in [-0.05, 0) is 90.6 Å².